The highest BCUT2D eigenvalue weighted by Gasteiger charge is 2.17. The van der Waals surface area contributed by atoms with E-state index in [9.17, 15) is 4.79 Å². The van der Waals surface area contributed by atoms with Crippen molar-refractivity contribution >= 4 is 22.7 Å². The van der Waals surface area contributed by atoms with Crippen molar-refractivity contribution in [2.75, 3.05) is 13.9 Å². The molecule has 150 valence electrons. The Morgan fingerprint density at radius 1 is 1.03 bits per heavy atom. The molecule has 0 fully saturated rings. The van der Waals surface area contributed by atoms with E-state index in [0.717, 1.165) is 17.1 Å². The van der Waals surface area contributed by atoms with Crippen LogP contribution >= 0.6 is 11.8 Å². The van der Waals surface area contributed by atoms with Gasteiger partial charge in [-0.1, -0.05) is 42.1 Å². The Morgan fingerprint density at radius 3 is 2.73 bits per heavy atom. The highest BCUT2D eigenvalue weighted by atomic mass is 32.2. The molecule has 1 aromatic heterocycles. The second kappa shape index (κ2) is 7.76. The molecule has 30 heavy (non-hydrogen) atoms. The second-order valence-corrected chi connectivity index (χ2v) is 7.64. The van der Waals surface area contributed by atoms with Gasteiger partial charge in [0, 0.05) is 5.75 Å². The number of para-hydroxylation sites is 3. The molecule has 7 heteroatoms. The molecule has 0 atom stereocenters. The zero-order valence-corrected chi connectivity index (χ0v) is 17.0. The van der Waals surface area contributed by atoms with Crippen LogP contribution in [0.15, 0.2) is 76.7 Å². The Morgan fingerprint density at radius 2 is 1.83 bits per heavy atom. The van der Waals surface area contributed by atoms with Crippen LogP contribution in [0.4, 0.5) is 0 Å². The van der Waals surface area contributed by atoms with Gasteiger partial charge in [-0.25, -0.2) is 4.98 Å². The monoisotopic (exact) mass is 418 g/mol. The fourth-order valence-corrected chi connectivity index (χ4v) is 4.36. The van der Waals surface area contributed by atoms with Crippen LogP contribution in [0.5, 0.6) is 17.2 Å². The van der Waals surface area contributed by atoms with Gasteiger partial charge in [0.1, 0.15) is 5.75 Å². The Bertz CT molecular complexity index is 1300. The number of rotatable bonds is 5. The maximum Gasteiger partial charge on any atom is 0.266 e. The molecule has 0 saturated heterocycles. The summed E-state index contributed by atoms with van der Waals surface area (Å²) in [7, 11) is 1.60. The molecule has 2 heterocycles. The number of aromatic nitrogens is 2. The first kappa shape index (κ1) is 18.6. The first-order chi connectivity index (χ1) is 14.7. The quantitative estimate of drug-likeness (QED) is 0.353. The number of hydrogen-bond donors (Lipinski definition) is 0. The van der Waals surface area contributed by atoms with Gasteiger partial charge in [0.25, 0.3) is 5.56 Å². The zero-order valence-electron chi connectivity index (χ0n) is 16.2. The molecule has 1 aliphatic rings. The number of benzene rings is 3. The van der Waals surface area contributed by atoms with Crippen LogP contribution in [0.2, 0.25) is 0 Å². The van der Waals surface area contributed by atoms with Gasteiger partial charge in [0.05, 0.1) is 23.7 Å². The van der Waals surface area contributed by atoms with Crippen LogP contribution in [0.3, 0.4) is 0 Å². The second-order valence-electron chi connectivity index (χ2n) is 6.70. The lowest BCUT2D eigenvalue weighted by Gasteiger charge is -2.15. The summed E-state index contributed by atoms with van der Waals surface area (Å²) in [5.41, 5.74) is 2.26. The van der Waals surface area contributed by atoms with E-state index in [0.29, 0.717) is 33.2 Å². The molecule has 0 radical (unpaired) electrons. The van der Waals surface area contributed by atoms with Crippen molar-refractivity contribution < 1.29 is 14.2 Å². The molecule has 0 aliphatic carbocycles. The van der Waals surface area contributed by atoms with Gasteiger partial charge < -0.3 is 14.2 Å². The third-order valence-electron chi connectivity index (χ3n) is 4.88. The molecule has 3 aromatic carbocycles. The fraction of sp³-hybridized carbons (Fsp3) is 0.130. The van der Waals surface area contributed by atoms with E-state index in [-0.39, 0.29) is 12.4 Å². The molecule has 0 amide bonds. The van der Waals surface area contributed by atoms with E-state index < -0.39 is 0 Å². The summed E-state index contributed by atoms with van der Waals surface area (Å²) in [6.07, 6.45) is 0. The minimum Gasteiger partial charge on any atom is -0.495 e. The van der Waals surface area contributed by atoms with Gasteiger partial charge in [-0.2, -0.15) is 0 Å². The predicted octanol–water partition coefficient (Wildman–Crippen LogP) is 4.42. The van der Waals surface area contributed by atoms with E-state index in [1.54, 1.807) is 17.7 Å². The highest BCUT2D eigenvalue weighted by Crippen LogP contribution is 2.35. The number of fused-ring (bicyclic) bond motifs is 2. The van der Waals surface area contributed by atoms with Crippen LogP contribution in [-0.4, -0.2) is 23.5 Å². The SMILES string of the molecule is COc1ccccc1-n1c(SCc2ccc3c(c2)OCO3)nc2ccccc2c1=O. The van der Waals surface area contributed by atoms with Crippen molar-refractivity contribution in [2.24, 2.45) is 0 Å². The summed E-state index contributed by atoms with van der Waals surface area (Å²) >= 11 is 1.49. The van der Waals surface area contributed by atoms with Crippen molar-refractivity contribution in [3.05, 3.63) is 82.6 Å². The Balaban J connectivity index is 1.60. The summed E-state index contributed by atoms with van der Waals surface area (Å²) in [5.74, 6) is 2.72. The normalized spacial score (nSPS) is 12.3. The fourth-order valence-electron chi connectivity index (χ4n) is 3.41. The smallest absolute Gasteiger partial charge is 0.266 e. The maximum absolute atomic E-state index is 13.4. The maximum atomic E-state index is 13.4. The molecule has 0 N–H and O–H groups in total. The van der Waals surface area contributed by atoms with E-state index in [4.69, 9.17) is 19.2 Å². The van der Waals surface area contributed by atoms with Crippen LogP contribution in [0.1, 0.15) is 5.56 Å². The van der Waals surface area contributed by atoms with Crippen molar-refractivity contribution in [1.82, 2.24) is 9.55 Å². The lowest BCUT2D eigenvalue weighted by molar-refractivity contribution is 0.174. The van der Waals surface area contributed by atoms with Gasteiger partial charge in [-0.15, -0.1) is 0 Å². The molecule has 0 saturated carbocycles. The van der Waals surface area contributed by atoms with Crippen molar-refractivity contribution in [3.63, 3.8) is 0 Å². The van der Waals surface area contributed by atoms with Crippen LogP contribution in [-0.2, 0) is 5.75 Å². The summed E-state index contributed by atoms with van der Waals surface area (Å²) < 4.78 is 18.0. The number of ether oxygens (including phenoxy) is 3. The standard InChI is InChI=1S/C23H18N2O4S/c1-27-19-9-5-4-8-18(19)25-22(26)16-6-2-3-7-17(16)24-23(25)30-13-15-10-11-20-21(12-15)29-14-28-20/h2-12H,13-14H2,1H3. The van der Waals surface area contributed by atoms with E-state index in [1.807, 2.05) is 60.7 Å². The average molecular weight is 418 g/mol. The van der Waals surface area contributed by atoms with E-state index in [2.05, 4.69) is 0 Å². The molecule has 0 spiro atoms. The number of hydrogen-bond acceptors (Lipinski definition) is 6. The Kier molecular flexibility index (Phi) is 4.80. The number of nitrogens with zero attached hydrogens (tertiary/aromatic N) is 2. The molecular formula is C23H18N2O4S. The first-order valence-electron chi connectivity index (χ1n) is 9.41. The molecule has 4 aromatic rings. The minimum atomic E-state index is -0.127. The topological polar surface area (TPSA) is 62.6 Å². The van der Waals surface area contributed by atoms with E-state index in [1.165, 1.54) is 11.8 Å². The summed E-state index contributed by atoms with van der Waals surface area (Å²) in [6.45, 7) is 0.242. The molecule has 6 nitrogen and oxygen atoms in total. The van der Waals surface area contributed by atoms with Crippen molar-refractivity contribution in [3.8, 4) is 22.9 Å². The zero-order chi connectivity index (χ0) is 20.5. The largest absolute Gasteiger partial charge is 0.495 e. The molecule has 5 rings (SSSR count). The molecule has 0 bridgehead atoms. The summed E-state index contributed by atoms with van der Waals surface area (Å²) in [6, 6.07) is 20.7. The van der Waals surface area contributed by atoms with Gasteiger partial charge in [-0.05, 0) is 42.0 Å². The Hall–Kier alpha value is -3.45. The van der Waals surface area contributed by atoms with Crippen LogP contribution in [0.25, 0.3) is 16.6 Å². The van der Waals surface area contributed by atoms with Gasteiger partial charge in [0.15, 0.2) is 16.7 Å². The lowest BCUT2D eigenvalue weighted by Crippen LogP contribution is -2.22. The third-order valence-corrected chi connectivity index (χ3v) is 5.89. The Labute approximate surface area is 177 Å². The number of thioether (sulfide) groups is 1. The molecule has 1 aliphatic heterocycles. The molecule has 0 unspecified atom stereocenters. The van der Waals surface area contributed by atoms with E-state index >= 15 is 0 Å². The van der Waals surface area contributed by atoms with Gasteiger partial charge >= 0.3 is 0 Å². The lowest BCUT2D eigenvalue weighted by atomic mass is 10.2. The third kappa shape index (κ3) is 3.27. The summed E-state index contributed by atoms with van der Waals surface area (Å²) in [4.78, 5) is 18.2. The first-order valence-corrected chi connectivity index (χ1v) is 10.4. The van der Waals surface area contributed by atoms with Crippen molar-refractivity contribution in [1.29, 1.82) is 0 Å². The average Bonchev–Trinajstić information content (AvgIpc) is 3.26. The highest BCUT2D eigenvalue weighted by molar-refractivity contribution is 7.98. The molecular weight excluding hydrogens is 400 g/mol. The van der Waals surface area contributed by atoms with Gasteiger partial charge in [0.2, 0.25) is 6.79 Å². The van der Waals surface area contributed by atoms with Crippen LogP contribution in [0, 0.1) is 0 Å². The predicted molar refractivity (Wildman–Crippen MR) is 116 cm³/mol. The van der Waals surface area contributed by atoms with Crippen LogP contribution < -0.4 is 19.8 Å². The number of methoxy groups -OCH3 is 1. The summed E-state index contributed by atoms with van der Waals surface area (Å²) in [5, 5.41) is 1.16. The van der Waals surface area contributed by atoms with Crippen molar-refractivity contribution in [2.45, 2.75) is 10.9 Å². The van der Waals surface area contributed by atoms with Gasteiger partial charge in [-0.3, -0.25) is 9.36 Å². The minimum absolute atomic E-state index is 0.127.